The number of aryl methyl sites for hydroxylation is 1. The molecule has 0 aliphatic carbocycles. The molecule has 10 heteroatoms. The highest BCUT2D eigenvalue weighted by Crippen LogP contribution is 2.24. The predicted molar refractivity (Wildman–Crippen MR) is 134 cm³/mol. The van der Waals surface area contributed by atoms with Gasteiger partial charge in [-0.25, -0.2) is 24.1 Å². The molecular weight excluding hydrogens is 470 g/mol. The lowest BCUT2D eigenvalue weighted by molar-refractivity contribution is -0.203. The molecule has 2 aromatic carbocycles. The fourth-order valence-electron chi connectivity index (χ4n) is 3.75. The van der Waals surface area contributed by atoms with Crippen molar-refractivity contribution in [1.82, 2.24) is 5.01 Å². The molecule has 0 aromatic heterocycles. The van der Waals surface area contributed by atoms with Crippen LogP contribution in [-0.4, -0.2) is 59.3 Å². The maximum absolute atomic E-state index is 12.7. The number of amides is 1. The highest BCUT2D eigenvalue weighted by Gasteiger charge is 2.50. The van der Waals surface area contributed by atoms with E-state index in [0.29, 0.717) is 17.0 Å². The van der Waals surface area contributed by atoms with Crippen LogP contribution in [0.2, 0.25) is 0 Å². The van der Waals surface area contributed by atoms with Gasteiger partial charge in [0, 0.05) is 0 Å². The van der Waals surface area contributed by atoms with E-state index < -0.39 is 33.1 Å². The second kappa shape index (κ2) is 13.0. The van der Waals surface area contributed by atoms with Crippen molar-refractivity contribution < 1.29 is 28.2 Å². The van der Waals surface area contributed by atoms with E-state index in [2.05, 4.69) is 0 Å². The third-order valence-electron chi connectivity index (χ3n) is 5.61. The summed E-state index contributed by atoms with van der Waals surface area (Å²) in [7, 11) is -4.12. The highest BCUT2D eigenvalue weighted by atomic mass is 32.2. The first-order valence-corrected chi connectivity index (χ1v) is 13.4. The highest BCUT2D eigenvalue weighted by molar-refractivity contribution is 7.92. The zero-order valence-corrected chi connectivity index (χ0v) is 21.1. The third kappa shape index (κ3) is 8.59. The van der Waals surface area contributed by atoms with Crippen molar-refractivity contribution in [3.63, 3.8) is 0 Å². The molecule has 2 unspecified atom stereocenters. The van der Waals surface area contributed by atoms with Crippen LogP contribution in [0.3, 0.4) is 0 Å². The quantitative estimate of drug-likeness (QED) is 0.105. The molecular formula is C25H37N3O6S. The molecule has 194 valence electrons. The van der Waals surface area contributed by atoms with Gasteiger partial charge >= 0.3 is 6.09 Å². The molecule has 1 amide bonds. The summed E-state index contributed by atoms with van der Waals surface area (Å²) in [5.41, 5.74) is 7.61. The van der Waals surface area contributed by atoms with Crippen LogP contribution in [0.1, 0.15) is 37.8 Å². The van der Waals surface area contributed by atoms with Gasteiger partial charge in [-0.2, -0.15) is 0 Å². The largest absolute Gasteiger partial charge is 0.448 e. The number of nitrogens with two attached hydrogens (primary N) is 2. The number of carbonyl (C=O) groups is 1. The van der Waals surface area contributed by atoms with E-state index in [-0.39, 0.29) is 24.7 Å². The van der Waals surface area contributed by atoms with Crippen molar-refractivity contribution in [1.29, 1.82) is 0 Å². The lowest BCUT2D eigenvalue weighted by Crippen LogP contribution is -2.67. The number of carbonyl (C=O) groups excluding carboxylic acids is 1. The van der Waals surface area contributed by atoms with Gasteiger partial charge in [-0.3, -0.25) is 0 Å². The number of nitrogens with zero attached hydrogens (tertiary/aromatic N) is 1. The fourth-order valence-corrected chi connectivity index (χ4v) is 5.57. The molecule has 0 heterocycles. The molecule has 9 nitrogen and oxygen atoms in total. The van der Waals surface area contributed by atoms with Crippen LogP contribution >= 0.6 is 0 Å². The minimum absolute atomic E-state index is 0.0684. The normalized spacial score (nSPS) is 13.9. The number of unbranched alkanes of at least 4 members (excludes halogenated alkanes) is 1. The topological polar surface area (TPSA) is 156 Å². The molecule has 0 aliphatic heterocycles. The number of hydrazine groups is 1. The first kappa shape index (κ1) is 28.7. The number of sulfone groups is 1. The van der Waals surface area contributed by atoms with Crippen molar-refractivity contribution in [2.24, 2.45) is 17.5 Å². The van der Waals surface area contributed by atoms with Gasteiger partial charge in [0.05, 0.1) is 12.4 Å². The van der Waals surface area contributed by atoms with Gasteiger partial charge in [-0.15, -0.1) is 0 Å². The average molecular weight is 508 g/mol. The van der Waals surface area contributed by atoms with Gasteiger partial charge in [0.25, 0.3) is 0 Å². The van der Waals surface area contributed by atoms with E-state index in [1.165, 1.54) is 5.56 Å². The Labute approximate surface area is 207 Å². The number of hydrogen-bond donors (Lipinski definition) is 4. The Hall–Kier alpha value is -2.50. The van der Waals surface area contributed by atoms with E-state index >= 15 is 0 Å². The zero-order chi connectivity index (χ0) is 26.1. The summed E-state index contributed by atoms with van der Waals surface area (Å²) < 4.78 is 30.6. The van der Waals surface area contributed by atoms with E-state index in [1.54, 1.807) is 44.2 Å². The molecule has 2 rings (SSSR count). The second-order valence-corrected chi connectivity index (χ2v) is 11.3. The van der Waals surface area contributed by atoms with Crippen molar-refractivity contribution in [2.75, 3.05) is 12.4 Å². The summed E-state index contributed by atoms with van der Waals surface area (Å²) >= 11 is 0. The lowest BCUT2D eigenvalue weighted by atomic mass is 9.98. The Morgan fingerprint density at radius 1 is 1.00 bits per heavy atom. The number of ether oxygens (including phenoxy) is 1. The summed E-state index contributed by atoms with van der Waals surface area (Å²) in [5, 5.41) is 20.3. The summed E-state index contributed by atoms with van der Waals surface area (Å²) in [6, 6.07) is 16.9. The van der Waals surface area contributed by atoms with Crippen molar-refractivity contribution in [3.05, 3.63) is 71.8 Å². The van der Waals surface area contributed by atoms with Crippen molar-refractivity contribution in [2.45, 2.75) is 56.7 Å². The van der Waals surface area contributed by atoms with Crippen LogP contribution in [0.15, 0.2) is 60.7 Å². The van der Waals surface area contributed by atoms with E-state index in [0.717, 1.165) is 12.8 Å². The van der Waals surface area contributed by atoms with E-state index in [9.17, 15) is 23.4 Å². The van der Waals surface area contributed by atoms with Crippen LogP contribution in [0.25, 0.3) is 0 Å². The van der Waals surface area contributed by atoms with Crippen LogP contribution in [0.5, 0.6) is 0 Å². The van der Waals surface area contributed by atoms with Gasteiger partial charge in [0.1, 0.15) is 6.04 Å². The minimum Gasteiger partial charge on any atom is -0.448 e. The molecule has 35 heavy (non-hydrogen) atoms. The summed E-state index contributed by atoms with van der Waals surface area (Å²) in [6.45, 7) is 3.41. The van der Waals surface area contributed by atoms with E-state index in [4.69, 9.17) is 16.3 Å². The van der Waals surface area contributed by atoms with Gasteiger partial charge in [-0.05, 0) is 42.7 Å². The van der Waals surface area contributed by atoms with Crippen molar-refractivity contribution in [3.8, 4) is 0 Å². The Morgan fingerprint density at radius 2 is 1.54 bits per heavy atom. The van der Waals surface area contributed by atoms with Gasteiger partial charge < -0.3 is 20.7 Å². The summed E-state index contributed by atoms with van der Waals surface area (Å²) in [5.74, 6) is 2.29. The van der Waals surface area contributed by atoms with Gasteiger partial charge in [0.15, 0.2) is 15.2 Å². The van der Waals surface area contributed by atoms with Gasteiger partial charge in [-0.1, -0.05) is 74.5 Å². The third-order valence-corrected chi connectivity index (χ3v) is 7.86. The molecule has 0 saturated heterocycles. The van der Waals surface area contributed by atoms with E-state index in [1.807, 2.05) is 30.3 Å². The molecule has 0 aliphatic rings. The molecule has 2 aromatic rings. The molecule has 0 saturated carbocycles. The number of hydrogen-bond acceptors (Lipinski definition) is 8. The molecule has 0 radical (unpaired) electrons. The first-order chi connectivity index (χ1) is 16.4. The van der Waals surface area contributed by atoms with Crippen LogP contribution in [-0.2, 0) is 27.4 Å². The predicted octanol–water partition coefficient (Wildman–Crippen LogP) is 1.97. The Morgan fingerprint density at radius 3 is 2.09 bits per heavy atom. The maximum Gasteiger partial charge on any atom is 0.424 e. The van der Waals surface area contributed by atoms with Crippen LogP contribution < -0.4 is 11.6 Å². The second-order valence-electron chi connectivity index (χ2n) is 9.10. The molecule has 2 atom stereocenters. The Bertz CT molecular complexity index is 1020. The lowest BCUT2D eigenvalue weighted by Gasteiger charge is -2.39. The Kier molecular flexibility index (Phi) is 10.7. The van der Waals surface area contributed by atoms with Crippen LogP contribution in [0, 0.1) is 5.92 Å². The smallest absolute Gasteiger partial charge is 0.424 e. The summed E-state index contributed by atoms with van der Waals surface area (Å²) in [6.07, 6.45) is 1.01. The fraction of sp³-hybridized carbons (Fsp3) is 0.480. The minimum atomic E-state index is -4.12. The number of benzene rings is 2. The molecule has 0 fully saturated rings. The SMILES string of the molecule is CC(C)CS(=O)(=O)C(N)C(O)(O)C(Cc1ccccc1)N(N)C(=O)OCCCCc1ccccc1. The molecule has 0 bridgehead atoms. The number of rotatable bonds is 13. The molecule has 0 spiro atoms. The molecule has 6 N–H and O–H groups in total. The maximum atomic E-state index is 12.7. The monoisotopic (exact) mass is 507 g/mol. The Balaban J connectivity index is 2.10. The van der Waals surface area contributed by atoms with Gasteiger partial charge in [0.2, 0.25) is 5.79 Å². The first-order valence-electron chi connectivity index (χ1n) is 11.7. The van der Waals surface area contributed by atoms with Crippen molar-refractivity contribution >= 4 is 15.9 Å². The number of aliphatic hydroxyl groups is 2. The standard InChI is InChI=1S/C25H37N3O6S/c1-19(2)18-35(32,33)23(26)25(30,31)22(17-21-14-7-4-8-15-21)28(27)24(29)34-16-10-9-13-20-11-5-3-6-12-20/h3-8,11-12,14-15,19,22-23,30-31H,9-10,13,16-18,26-27H2,1-2H3. The zero-order valence-electron chi connectivity index (χ0n) is 20.3. The summed E-state index contributed by atoms with van der Waals surface area (Å²) in [4.78, 5) is 12.7. The van der Waals surface area contributed by atoms with Crippen LogP contribution in [0.4, 0.5) is 4.79 Å². The average Bonchev–Trinajstić information content (AvgIpc) is 2.81.